The van der Waals surface area contributed by atoms with Crippen molar-refractivity contribution in [1.82, 2.24) is 15.0 Å². The van der Waals surface area contributed by atoms with E-state index in [0.29, 0.717) is 11.7 Å². The van der Waals surface area contributed by atoms with Crippen molar-refractivity contribution in [2.75, 3.05) is 5.73 Å². The molecule has 2 N–H and O–H groups in total. The predicted octanol–water partition coefficient (Wildman–Crippen LogP) is 3.11. The quantitative estimate of drug-likeness (QED) is 0.927. The van der Waals surface area contributed by atoms with Crippen LogP contribution in [0.3, 0.4) is 0 Å². The van der Waals surface area contributed by atoms with Crippen LogP contribution in [0.5, 0.6) is 0 Å². The van der Waals surface area contributed by atoms with E-state index >= 15 is 0 Å². The molecule has 1 aromatic carbocycles. The van der Waals surface area contributed by atoms with E-state index in [9.17, 15) is 0 Å². The minimum atomic E-state index is 0.532. The zero-order valence-electron chi connectivity index (χ0n) is 10.4. The van der Waals surface area contributed by atoms with Crippen LogP contribution in [-0.2, 0) is 0 Å². The monoisotopic (exact) mass is 306 g/mol. The van der Waals surface area contributed by atoms with Crippen LogP contribution in [0.4, 0.5) is 5.82 Å². The van der Waals surface area contributed by atoms with E-state index in [2.05, 4.69) is 52.2 Å². The highest BCUT2D eigenvalue weighted by molar-refractivity contribution is 9.10. The molecule has 0 spiro atoms. The van der Waals surface area contributed by atoms with Gasteiger partial charge in [-0.1, -0.05) is 21.1 Å². The van der Waals surface area contributed by atoms with E-state index in [-0.39, 0.29) is 0 Å². The molecule has 0 saturated heterocycles. The van der Waals surface area contributed by atoms with Crippen LogP contribution in [0.2, 0.25) is 0 Å². The fraction of sp³-hybridized carbons (Fsp3) is 0.385. The highest BCUT2D eigenvalue weighted by Gasteiger charge is 2.31. The van der Waals surface area contributed by atoms with Crippen LogP contribution in [0.25, 0.3) is 5.69 Å². The number of benzene rings is 1. The van der Waals surface area contributed by atoms with Gasteiger partial charge < -0.3 is 5.73 Å². The van der Waals surface area contributed by atoms with Crippen molar-refractivity contribution in [3.05, 3.63) is 33.4 Å². The number of nitrogens with zero attached hydrogens (tertiary/aromatic N) is 3. The molecule has 3 rings (SSSR count). The van der Waals surface area contributed by atoms with E-state index in [0.717, 1.165) is 15.9 Å². The molecule has 1 aliphatic rings. The molecule has 4 nitrogen and oxygen atoms in total. The number of nitrogens with two attached hydrogens (primary N) is 1. The maximum atomic E-state index is 5.92. The van der Waals surface area contributed by atoms with Gasteiger partial charge in [0.15, 0.2) is 5.82 Å². The number of aromatic nitrogens is 3. The minimum Gasteiger partial charge on any atom is -0.381 e. The molecule has 2 aromatic rings. The van der Waals surface area contributed by atoms with Gasteiger partial charge in [-0.15, -0.1) is 5.10 Å². The Bertz CT molecular complexity index is 590. The van der Waals surface area contributed by atoms with Crippen LogP contribution < -0.4 is 5.73 Å². The molecule has 1 saturated carbocycles. The highest BCUT2D eigenvalue weighted by atomic mass is 79.9. The number of hydrogen-bond acceptors (Lipinski definition) is 3. The second-order valence-electron chi connectivity index (χ2n) is 4.94. The minimum absolute atomic E-state index is 0.532. The Balaban J connectivity index is 2.15. The summed E-state index contributed by atoms with van der Waals surface area (Å²) in [5.41, 5.74) is 10.4. The van der Waals surface area contributed by atoms with Crippen molar-refractivity contribution < 1.29 is 0 Å². The third-order valence-electron chi connectivity index (χ3n) is 3.36. The molecule has 0 bridgehead atoms. The molecule has 1 aliphatic carbocycles. The van der Waals surface area contributed by atoms with Gasteiger partial charge in [0.05, 0.1) is 11.4 Å². The summed E-state index contributed by atoms with van der Waals surface area (Å²) in [4.78, 5) is 0. The van der Waals surface area contributed by atoms with Gasteiger partial charge in [0.2, 0.25) is 0 Å². The van der Waals surface area contributed by atoms with Crippen molar-refractivity contribution >= 4 is 21.7 Å². The molecule has 0 aliphatic heterocycles. The predicted molar refractivity (Wildman–Crippen MR) is 74.9 cm³/mol. The molecule has 1 aromatic heterocycles. The van der Waals surface area contributed by atoms with Gasteiger partial charge in [-0.3, -0.25) is 0 Å². The molecule has 0 unspecified atom stereocenters. The smallest absolute Gasteiger partial charge is 0.169 e. The average molecular weight is 307 g/mol. The summed E-state index contributed by atoms with van der Waals surface area (Å²) in [6, 6.07) is 4.22. The number of nitrogen functional groups attached to an aromatic ring is 1. The summed E-state index contributed by atoms with van der Waals surface area (Å²) in [6.07, 6.45) is 2.37. The first-order chi connectivity index (χ1) is 8.58. The van der Waals surface area contributed by atoms with E-state index < -0.39 is 0 Å². The Hall–Kier alpha value is -1.36. The largest absolute Gasteiger partial charge is 0.381 e. The van der Waals surface area contributed by atoms with Crippen LogP contribution >= 0.6 is 15.9 Å². The second-order valence-corrected chi connectivity index (χ2v) is 5.73. The summed E-state index contributed by atoms with van der Waals surface area (Å²) in [5, 5.41) is 8.20. The molecule has 5 heteroatoms. The van der Waals surface area contributed by atoms with Gasteiger partial charge >= 0.3 is 0 Å². The van der Waals surface area contributed by atoms with Crippen molar-refractivity contribution in [3.63, 3.8) is 0 Å². The lowest BCUT2D eigenvalue weighted by Crippen LogP contribution is -2.03. The first-order valence-electron chi connectivity index (χ1n) is 6.06. The number of anilines is 1. The van der Waals surface area contributed by atoms with Gasteiger partial charge in [-0.05, 0) is 49.9 Å². The molecular formula is C13H15BrN4. The summed E-state index contributed by atoms with van der Waals surface area (Å²) in [7, 11) is 0. The van der Waals surface area contributed by atoms with E-state index in [4.69, 9.17) is 5.73 Å². The average Bonchev–Trinajstić information content (AvgIpc) is 3.09. The van der Waals surface area contributed by atoms with Gasteiger partial charge in [-0.25, -0.2) is 4.68 Å². The number of rotatable bonds is 2. The Labute approximate surface area is 114 Å². The maximum absolute atomic E-state index is 5.92. The zero-order valence-corrected chi connectivity index (χ0v) is 12.0. The summed E-state index contributed by atoms with van der Waals surface area (Å²) in [6.45, 7) is 4.16. The first kappa shape index (κ1) is 11.7. The third kappa shape index (κ3) is 1.82. The van der Waals surface area contributed by atoms with Gasteiger partial charge in [0.25, 0.3) is 0 Å². The summed E-state index contributed by atoms with van der Waals surface area (Å²) < 4.78 is 3.03. The number of halogens is 1. The van der Waals surface area contributed by atoms with Crippen LogP contribution in [-0.4, -0.2) is 15.0 Å². The second kappa shape index (κ2) is 4.09. The zero-order chi connectivity index (χ0) is 12.9. The van der Waals surface area contributed by atoms with Crippen LogP contribution in [0.1, 0.15) is 35.6 Å². The standard InChI is InChI=1S/C13H15BrN4/c1-7-5-10(6-8(2)11(7)14)18-12(9-3-4-9)13(15)16-17-18/h5-6,9H,3-4,15H2,1-2H3. The third-order valence-corrected chi connectivity index (χ3v) is 4.61. The Morgan fingerprint density at radius 1 is 1.28 bits per heavy atom. The fourth-order valence-electron chi connectivity index (χ4n) is 2.28. The number of hydrogen-bond donors (Lipinski definition) is 1. The van der Waals surface area contributed by atoms with Gasteiger partial charge in [0, 0.05) is 10.4 Å². The lowest BCUT2D eigenvalue weighted by molar-refractivity contribution is 0.762. The molecule has 1 heterocycles. The molecule has 18 heavy (non-hydrogen) atoms. The highest BCUT2D eigenvalue weighted by Crippen LogP contribution is 2.42. The number of aryl methyl sites for hydroxylation is 2. The maximum Gasteiger partial charge on any atom is 0.169 e. The van der Waals surface area contributed by atoms with E-state index in [1.807, 2.05) is 4.68 Å². The molecule has 0 atom stereocenters. The molecule has 0 amide bonds. The summed E-state index contributed by atoms with van der Waals surface area (Å²) >= 11 is 3.58. The molecule has 1 fully saturated rings. The normalized spacial score (nSPS) is 15.1. The fourth-order valence-corrected chi connectivity index (χ4v) is 2.50. The molecular weight excluding hydrogens is 292 g/mol. The topological polar surface area (TPSA) is 56.7 Å². The van der Waals surface area contributed by atoms with Crippen molar-refractivity contribution in [2.45, 2.75) is 32.6 Å². The molecule has 0 radical (unpaired) electrons. The van der Waals surface area contributed by atoms with Crippen molar-refractivity contribution in [2.24, 2.45) is 0 Å². The lowest BCUT2D eigenvalue weighted by atomic mass is 10.1. The van der Waals surface area contributed by atoms with Crippen LogP contribution in [0.15, 0.2) is 16.6 Å². The van der Waals surface area contributed by atoms with Crippen molar-refractivity contribution in [1.29, 1.82) is 0 Å². The van der Waals surface area contributed by atoms with Gasteiger partial charge in [-0.2, -0.15) is 0 Å². The van der Waals surface area contributed by atoms with Crippen molar-refractivity contribution in [3.8, 4) is 5.69 Å². The first-order valence-corrected chi connectivity index (χ1v) is 6.85. The van der Waals surface area contributed by atoms with E-state index in [1.165, 1.54) is 24.0 Å². The Morgan fingerprint density at radius 2 is 1.89 bits per heavy atom. The Morgan fingerprint density at radius 3 is 2.44 bits per heavy atom. The lowest BCUT2D eigenvalue weighted by Gasteiger charge is -2.10. The SMILES string of the molecule is Cc1cc(-n2nnc(N)c2C2CC2)cc(C)c1Br. The van der Waals surface area contributed by atoms with E-state index in [1.54, 1.807) is 0 Å². The van der Waals surface area contributed by atoms with Crippen LogP contribution in [0, 0.1) is 13.8 Å². The van der Waals surface area contributed by atoms with Gasteiger partial charge in [0.1, 0.15) is 0 Å². The molecule has 94 valence electrons. The summed E-state index contributed by atoms with van der Waals surface area (Å²) in [5.74, 6) is 1.10. The Kier molecular flexibility index (Phi) is 2.66.